The van der Waals surface area contributed by atoms with Crippen LogP contribution in [0.4, 0.5) is 8.78 Å². The van der Waals surface area contributed by atoms with Crippen LogP contribution < -0.4 is 10.1 Å². The van der Waals surface area contributed by atoms with Crippen molar-refractivity contribution in [3.05, 3.63) is 53.6 Å². The van der Waals surface area contributed by atoms with Crippen LogP contribution >= 0.6 is 0 Å². The summed E-state index contributed by atoms with van der Waals surface area (Å²) in [4.78, 5) is 0. The lowest BCUT2D eigenvalue weighted by Gasteiger charge is -2.13. The molecule has 2 rings (SSSR count). The molecule has 0 saturated heterocycles. The van der Waals surface area contributed by atoms with Crippen LogP contribution in [-0.4, -0.2) is 13.7 Å². The third kappa shape index (κ3) is 2.96. The number of hydrogen-bond acceptors (Lipinski definition) is 2. The Labute approximate surface area is 117 Å². The molecule has 0 spiro atoms. The van der Waals surface area contributed by atoms with E-state index in [2.05, 4.69) is 5.32 Å². The van der Waals surface area contributed by atoms with Crippen molar-refractivity contribution in [2.24, 2.45) is 0 Å². The van der Waals surface area contributed by atoms with Crippen LogP contribution in [0.1, 0.15) is 12.5 Å². The quantitative estimate of drug-likeness (QED) is 0.898. The Hall–Kier alpha value is -1.94. The highest BCUT2D eigenvalue weighted by molar-refractivity contribution is 5.69. The predicted octanol–water partition coefficient (Wildman–Crippen LogP) is 3.75. The minimum absolute atomic E-state index is 0.154. The van der Waals surface area contributed by atoms with Gasteiger partial charge in [0.1, 0.15) is 5.82 Å². The summed E-state index contributed by atoms with van der Waals surface area (Å²) in [7, 11) is 1.41. The average Bonchev–Trinajstić information content (AvgIpc) is 2.46. The second-order valence-corrected chi connectivity index (χ2v) is 4.40. The van der Waals surface area contributed by atoms with Gasteiger partial charge in [-0.3, -0.25) is 0 Å². The fourth-order valence-electron chi connectivity index (χ4n) is 2.09. The van der Waals surface area contributed by atoms with E-state index in [1.54, 1.807) is 24.3 Å². The van der Waals surface area contributed by atoms with Crippen molar-refractivity contribution < 1.29 is 13.5 Å². The maximum absolute atomic E-state index is 14.3. The monoisotopic (exact) mass is 277 g/mol. The van der Waals surface area contributed by atoms with E-state index in [0.29, 0.717) is 17.7 Å². The van der Waals surface area contributed by atoms with Gasteiger partial charge in [-0.25, -0.2) is 8.78 Å². The van der Waals surface area contributed by atoms with E-state index in [4.69, 9.17) is 4.74 Å². The SMILES string of the molecule is CCNCc1ccc(F)cc1-c1cccc(OC)c1F. The molecule has 1 N–H and O–H groups in total. The number of hydrogen-bond donors (Lipinski definition) is 1. The first-order valence-electron chi connectivity index (χ1n) is 6.49. The highest BCUT2D eigenvalue weighted by Gasteiger charge is 2.14. The Kier molecular flexibility index (Phi) is 4.69. The molecular formula is C16H17F2NO. The van der Waals surface area contributed by atoms with Gasteiger partial charge in [-0.1, -0.05) is 25.1 Å². The van der Waals surface area contributed by atoms with E-state index in [0.717, 1.165) is 12.1 Å². The zero-order valence-electron chi connectivity index (χ0n) is 11.5. The summed E-state index contributed by atoms with van der Waals surface area (Å²) in [5, 5.41) is 3.17. The zero-order valence-corrected chi connectivity index (χ0v) is 11.5. The summed E-state index contributed by atoms with van der Waals surface area (Å²) >= 11 is 0. The second kappa shape index (κ2) is 6.48. The number of ether oxygens (including phenoxy) is 1. The van der Waals surface area contributed by atoms with Gasteiger partial charge in [0.2, 0.25) is 0 Å². The smallest absolute Gasteiger partial charge is 0.172 e. The number of rotatable bonds is 5. The third-order valence-electron chi connectivity index (χ3n) is 3.11. The fraction of sp³-hybridized carbons (Fsp3) is 0.250. The first kappa shape index (κ1) is 14.5. The van der Waals surface area contributed by atoms with Crippen LogP contribution in [0.25, 0.3) is 11.1 Å². The Morgan fingerprint density at radius 1 is 1.10 bits per heavy atom. The molecule has 20 heavy (non-hydrogen) atoms. The van der Waals surface area contributed by atoms with Gasteiger partial charge in [-0.15, -0.1) is 0 Å². The molecule has 0 atom stereocenters. The van der Waals surface area contributed by atoms with Gasteiger partial charge in [0.25, 0.3) is 0 Å². The van der Waals surface area contributed by atoms with Crippen LogP contribution in [0.15, 0.2) is 36.4 Å². The maximum atomic E-state index is 14.3. The van der Waals surface area contributed by atoms with E-state index in [1.807, 2.05) is 6.92 Å². The van der Waals surface area contributed by atoms with Gasteiger partial charge in [-0.2, -0.15) is 0 Å². The summed E-state index contributed by atoms with van der Waals surface area (Å²) in [5.74, 6) is -0.707. The Balaban J connectivity index is 2.53. The fourth-order valence-corrected chi connectivity index (χ4v) is 2.09. The molecule has 0 saturated carbocycles. The maximum Gasteiger partial charge on any atom is 0.172 e. The molecule has 0 amide bonds. The lowest BCUT2D eigenvalue weighted by Crippen LogP contribution is -2.12. The standard InChI is InChI=1S/C16H17F2NO/c1-3-19-10-11-7-8-12(17)9-14(11)13-5-4-6-15(20-2)16(13)18/h4-9,19H,3,10H2,1-2H3. The van der Waals surface area contributed by atoms with E-state index in [9.17, 15) is 8.78 Å². The molecule has 0 fully saturated rings. The Morgan fingerprint density at radius 2 is 1.90 bits per heavy atom. The molecule has 0 aromatic heterocycles. The molecule has 2 aromatic rings. The zero-order chi connectivity index (χ0) is 14.5. The van der Waals surface area contributed by atoms with Gasteiger partial charge in [0, 0.05) is 12.1 Å². The minimum atomic E-state index is -0.474. The number of benzene rings is 2. The molecule has 0 aliphatic carbocycles. The van der Waals surface area contributed by atoms with Crippen LogP contribution in [0, 0.1) is 11.6 Å². The van der Waals surface area contributed by atoms with Crippen LogP contribution in [0.5, 0.6) is 5.75 Å². The van der Waals surface area contributed by atoms with E-state index in [-0.39, 0.29) is 11.6 Å². The van der Waals surface area contributed by atoms with Crippen molar-refractivity contribution in [2.45, 2.75) is 13.5 Å². The molecular weight excluding hydrogens is 260 g/mol. The molecule has 0 unspecified atom stereocenters. The second-order valence-electron chi connectivity index (χ2n) is 4.40. The highest BCUT2D eigenvalue weighted by atomic mass is 19.1. The van der Waals surface area contributed by atoms with E-state index < -0.39 is 5.82 Å². The first-order valence-corrected chi connectivity index (χ1v) is 6.49. The van der Waals surface area contributed by atoms with Crippen molar-refractivity contribution in [1.29, 1.82) is 0 Å². The summed E-state index contributed by atoms with van der Waals surface area (Å²) < 4.78 is 32.8. The summed E-state index contributed by atoms with van der Waals surface area (Å²) in [5.41, 5.74) is 1.74. The third-order valence-corrected chi connectivity index (χ3v) is 3.11. The molecule has 2 aromatic carbocycles. The van der Waals surface area contributed by atoms with Crippen LogP contribution in [0.3, 0.4) is 0 Å². The lowest BCUT2D eigenvalue weighted by atomic mass is 9.98. The predicted molar refractivity (Wildman–Crippen MR) is 75.7 cm³/mol. The molecule has 0 aliphatic heterocycles. The van der Waals surface area contributed by atoms with Crippen LogP contribution in [-0.2, 0) is 6.54 Å². The molecule has 0 heterocycles. The van der Waals surface area contributed by atoms with Gasteiger partial charge in [-0.05, 0) is 35.9 Å². The summed E-state index contributed by atoms with van der Waals surface area (Å²) in [6.07, 6.45) is 0. The molecule has 106 valence electrons. The van der Waals surface area contributed by atoms with Gasteiger partial charge in [0.05, 0.1) is 7.11 Å². The summed E-state index contributed by atoms with van der Waals surface area (Å²) in [6.45, 7) is 3.33. The van der Waals surface area contributed by atoms with Crippen molar-refractivity contribution in [3.63, 3.8) is 0 Å². The van der Waals surface area contributed by atoms with E-state index in [1.165, 1.54) is 19.2 Å². The molecule has 0 radical (unpaired) electrons. The highest BCUT2D eigenvalue weighted by Crippen LogP contribution is 2.31. The van der Waals surface area contributed by atoms with Crippen molar-refractivity contribution in [3.8, 4) is 16.9 Å². The van der Waals surface area contributed by atoms with Gasteiger partial charge in [0.15, 0.2) is 11.6 Å². The average molecular weight is 277 g/mol. The molecule has 4 heteroatoms. The first-order chi connectivity index (χ1) is 9.67. The molecule has 2 nitrogen and oxygen atoms in total. The lowest BCUT2D eigenvalue weighted by molar-refractivity contribution is 0.387. The van der Waals surface area contributed by atoms with Crippen LogP contribution in [0.2, 0.25) is 0 Å². The van der Waals surface area contributed by atoms with E-state index >= 15 is 0 Å². The number of halogens is 2. The largest absolute Gasteiger partial charge is 0.494 e. The number of nitrogens with one attached hydrogen (secondary N) is 1. The molecule has 0 aliphatic rings. The molecule has 0 bridgehead atoms. The minimum Gasteiger partial charge on any atom is -0.494 e. The normalized spacial score (nSPS) is 10.6. The van der Waals surface area contributed by atoms with Crippen molar-refractivity contribution >= 4 is 0 Å². The van der Waals surface area contributed by atoms with Crippen molar-refractivity contribution in [1.82, 2.24) is 5.32 Å². The Morgan fingerprint density at radius 3 is 2.60 bits per heavy atom. The topological polar surface area (TPSA) is 21.3 Å². The summed E-state index contributed by atoms with van der Waals surface area (Å²) in [6, 6.07) is 9.27. The Bertz CT molecular complexity index is 599. The number of methoxy groups -OCH3 is 1. The van der Waals surface area contributed by atoms with Gasteiger partial charge < -0.3 is 10.1 Å². The van der Waals surface area contributed by atoms with Crippen molar-refractivity contribution in [2.75, 3.05) is 13.7 Å². The van der Waals surface area contributed by atoms with Gasteiger partial charge >= 0.3 is 0 Å².